The van der Waals surface area contributed by atoms with Crippen LogP contribution in [0.3, 0.4) is 0 Å². The molecule has 0 bridgehead atoms. The summed E-state index contributed by atoms with van der Waals surface area (Å²) in [6, 6.07) is 7.78. The molecule has 1 saturated heterocycles. The van der Waals surface area contributed by atoms with Gasteiger partial charge < -0.3 is 15.3 Å². The van der Waals surface area contributed by atoms with Gasteiger partial charge in [-0.15, -0.1) is 0 Å². The molecule has 1 atom stereocenters. The third kappa shape index (κ3) is 4.51. The van der Waals surface area contributed by atoms with Crippen LogP contribution in [-0.2, 0) is 0 Å². The van der Waals surface area contributed by atoms with Gasteiger partial charge in [-0.3, -0.25) is 0 Å². The predicted molar refractivity (Wildman–Crippen MR) is 79.4 cm³/mol. The van der Waals surface area contributed by atoms with E-state index in [1.54, 1.807) is 6.07 Å². The Morgan fingerprint density at radius 1 is 1.21 bits per heavy atom. The first-order valence-electron chi connectivity index (χ1n) is 7.51. The average molecular weight is 262 g/mol. The smallest absolute Gasteiger partial charge is 0.120 e. The maximum Gasteiger partial charge on any atom is 0.120 e. The lowest BCUT2D eigenvalue weighted by molar-refractivity contribution is 0.225. The first kappa shape index (κ1) is 14.4. The van der Waals surface area contributed by atoms with E-state index in [0.717, 1.165) is 12.1 Å². The van der Waals surface area contributed by atoms with Crippen LogP contribution in [-0.4, -0.2) is 36.2 Å². The summed E-state index contributed by atoms with van der Waals surface area (Å²) in [5.74, 6) is 0.388. The minimum Gasteiger partial charge on any atom is -0.508 e. The van der Waals surface area contributed by atoms with Crippen LogP contribution in [0.1, 0.15) is 44.2 Å². The monoisotopic (exact) mass is 262 g/mol. The Bertz CT molecular complexity index is 375. The lowest BCUT2D eigenvalue weighted by Gasteiger charge is -2.26. The van der Waals surface area contributed by atoms with E-state index >= 15 is 0 Å². The van der Waals surface area contributed by atoms with Crippen molar-refractivity contribution in [1.82, 2.24) is 10.2 Å². The van der Waals surface area contributed by atoms with E-state index < -0.39 is 0 Å². The summed E-state index contributed by atoms with van der Waals surface area (Å²) >= 11 is 0. The number of hydrogen-bond acceptors (Lipinski definition) is 3. The summed E-state index contributed by atoms with van der Waals surface area (Å²) in [4.78, 5) is 2.57. The summed E-state index contributed by atoms with van der Waals surface area (Å²) in [6.07, 6.45) is 5.31. The number of hydrogen-bond donors (Lipinski definition) is 2. The minimum atomic E-state index is 0.211. The van der Waals surface area contributed by atoms with Gasteiger partial charge in [0, 0.05) is 11.6 Å². The van der Waals surface area contributed by atoms with Crippen LogP contribution in [0.25, 0.3) is 0 Å². The van der Waals surface area contributed by atoms with Crippen molar-refractivity contribution in [2.45, 2.75) is 38.6 Å². The molecule has 0 aromatic heterocycles. The molecule has 0 saturated carbocycles. The lowest BCUT2D eigenvalue weighted by Crippen LogP contribution is -2.32. The van der Waals surface area contributed by atoms with Gasteiger partial charge >= 0.3 is 0 Å². The van der Waals surface area contributed by atoms with Gasteiger partial charge in [0.15, 0.2) is 0 Å². The van der Waals surface area contributed by atoms with Crippen LogP contribution < -0.4 is 5.32 Å². The van der Waals surface area contributed by atoms with Gasteiger partial charge in [0.2, 0.25) is 0 Å². The van der Waals surface area contributed by atoms with Crippen LogP contribution in [0.4, 0.5) is 0 Å². The second-order valence-electron chi connectivity index (χ2n) is 5.49. The zero-order valence-corrected chi connectivity index (χ0v) is 11.9. The highest BCUT2D eigenvalue weighted by Crippen LogP contribution is 2.22. The molecule has 1 aromatic carbocycles. The predicted octanol–water partition coefficient (Wildman–Crippen LogP) is 2.92. The van der Waals surface area contributed by atoms with Crippen molar-refractivity contribution in [3.05, 3.63) is 29.8 Å². The van der Waals surface area contributed by atoms with Crippen LogP contribution in [0.5, 0.6) is 5.75 Å². The number of phenolic OH excluding ortho intramolecular Hbond substituents is 1. The topological polar surface area (TPSA) is 35.5 Å². The fraction of sp³-hybridized carbons (Fsp3) is 0.625. The summed E-state index contributed by atoms with van der Waals surface area (Å²) in [5, 5.41) is 13.3. The van der Waals surface area contributed by atoms with Crippen LogP contribution in [0.2, 0.25) is 0 Å². The highest BCUT2D eigenvalue weighted by molar-refractivity contribution is 5.34. The molecule has 1 heterocycles. The normalized spacial score (nSPS) is 18.4. The van der Waals surface area contributed by atoms with E-state index in [1.165, 1.54) is 45.3 Å². The molecule has 1 unspecified atom stereocenters. The molecule has 3 nitrogen and oxygen atoms in total. The van der Waals surface area contributed by atoms with E-state index in [0.29, 0.717) is 5.75 Å². The van der Waals surface area contributed by atoms with Gasteiger partial charge in [-0.2, -0.15) is 0 Å². The Labute approximate surface area is 116 Å². The fourth-order valence-electron chi connectivity index (χ4n) is 2.77. The molecule has 1 aliphatic heterocycles. The van der Waals surface area contributed by atoms with Gasteiger partial charge in [0.1, 0.15) is 5.75 Å². The van der Waals surface area contributed by atoms with E-state index in [2.05, 4.69) is 17.1 Å². The summed E-state index contributed by atoms with van der Waals surface area (Å²) in [5.41, 5.74) is 0.987. The molecular weight excluding hydrogens is 236 g/mol. The second kappa shape index (κ2) is 7.51. The molecule has 0 amide bonds. The Morgan fingerprint density at radius 3 is 2.68 bits per heavy atom. The van der Waals surface area contributed by atoms with Crippen molar-refractivity contribution in [1.29, 1.82) is 0 Å². The van der Waals surface area contributed by atoms with E-state index in [4.69, 9.17) is 0 Å². The average Bonchev–Trinajstić information content (AvgIpc) is 2.45. The van der Waals surface area contributed by atoms with E-state index in [-0.39, 0.29) is 6.04 Å². The highest BCUT2D eigenvalue weighted by atomic mass is 16.3. The number of piperidine rings is 1. The van der Waals surface area contributed by atoms with Crippen LogP contribution in [0, 0.1) is 0 Å². The number of para-hydroxylation sites is 1. The number of aromatic hydroxyl groups is 1. The molecule has 3 heteroatoms. The third-order valence-corrected chi connectivity index (χ3v) is 3.95. The van der Waals surface area contributed by atoms with Crippen molar-refractivity contribution in [2.24, 2.45) is 0 Å². The Hall–Kier alpha value is -1.06. The number of nitrogens with zero attached hydrogens (tertiary/aromatic N) is 1. The Balaban J connectivity index is 1.66. The molecule has 0 aliphatic carbocycles. The summed E-state index contributed by atoms with van der Waals surface area (Å²) in [6.45, 7) is 6.85. The molecule has 0 radical (unpaired) electrons. The molecular formula is C16H26N2O. The molecule has 1 fully saturated rings. The van der Waals surface area contributed by atoms with Gasteiger partial charge in [0.05, 0.1) is 0 Å². The van der Waals surface area contributed by atoms with Crippen molar-refractivity contribution in [3.63, 3.8) is 0 Å². The Morgan fingerprint density at radius 2 is 1.95 bits per heavy atom. The van der Waals surface area contributed by atoms with Crippen molar-refractivity contribution in [2.75, 3.05) is 26.2 Å². The molecule has 19 heavy (non-hydrogen) atoms. The molecule has 2 rings (SSSR count). The maximum atomic E-state index is 9.79. The molecule has 2 N–H and O–H groups in total. The van der Waals surface area contributed by atoms with Crippen molar-refractivity contribution < 1.29 is 5.11 Å². The Kier molecular flexibility index (Phi) is 5.67. The highest BCUT2D eigenvalue weighted by Gasteiger charge is 2.11. The molecule has 106 valence electrons. The van der Waals surface area contributed by atoms with Gasteiger partial charge in [0.25, 0.3) is 0 Å². The first-order chi connectivity index (χ1) is 9.27. The van der Waals surface area contributed by atoms with Crippen molar-refractivity contribution >= 4 is 0 Å². The largest absolute Gasteiger partial charge is 0.508 e. The zero-order chi connectivity index (χ0) is 13.5. The van der Waals surface area contributed by atoms with E-state index in [9.17, 15) is 5.11 Å². The van der Waals surface area contributed by atoms with Gasteiger partial charge in [-0.05, 0) is 58.4 Å². The quantitative estimate of drug-likeness (QED) is 0.774. The number of benzene rings is 1. The maximum absolute atomic E-state index is 9.79. The standard InChI is InChI=1S/C16H26N2O/c1-14(15-8-3-4-9-16(15)19)17-10-7-13-18-11-5-2-6-12-18/h3-4,8-9,14,17,19H,2,5-7,10-13H2,1H3. The third-order valence-electron chi connectivity index (χ3n) is 3.95. The van der Waals surface area contributed by atoms with Crippen LogP contribution in [0.15, 0.2) is 24.3 Å². The SMILES string of the molecule is CC(NCCCN1CCCCC1)c1ccccc1O. The number of rotatable bonds is 6. The first-order valence-corrected chi connectivity index (χ1v) is 7.51. The zero-order valence-electron chi connectivity index (χ0n) is 11.9. The lowest BCUT2D eigenvalue weighted by atomic mass is 10.1. The van der Waals surface area contributed by atoms with Gasteiger partial charge in [-0.25, -0.2) is 0 Å². The molecule has 1 aromatic rings. The molecule has 0 spiro atoms. The number of likely N-dealkylation sites (tertiary alicyclic amines) is 1. The van der Waals surface area contributed by atoms with E-state index in [1.807, 2.05) is 18.2 Å². The van der Waals surface area contributed by atoms with Gasteiger partial charge in [-0.1, -0.05) is 24.6 Å². The number of nitrogens with one attached hydrogen (secondary N) is 1. The fourth-order valence-corrected chi connectivity index (χ4v) is 2.77. The second-order valence-corrected chi connectivity index (χ2v) is 5.49. The van der Waals surface area contributed by atoms with Crippen molar-refractivity contribution in [3.8, 4) is 5.75 Å². The molecule has 1 aliphatic rings. The summed E-state index contributed by atoms with van der Waals surface area (Å²) in [7, 11) is 0. The number of phenols is 1. The minimum absolute atomic E-state index is 0.211. The summed E-state index contributed by atoms with van der Waals surface area (Å²) < 4.78 is 0. The van der Waals surface area contributed by atoms with Crippen LogP contribution >= 0.6 is 0 Å².